The normalized spacial score (nSPS) is 25.6. The standard InChI is InChI=1S/C19H24F2N2O2/c1-13-7-8-22-12-17(13)25-19(24)18(23-9-3-2-4-10-23)15-6-5-14(20)11-16(15)21/h5-6,8,11,13,17-18H,2-4,7,9-10,12H2,1H3/t13?,17-,18?/m0/s1. The van der Waals surface area contributed by atoms with E-state index in [1.807, 2.05) is 18.0 Å². The topological polar surface area (TPSA) is 41.9 Å². The van der Waals surface area contributed by atoms with Crippen molar-refractivity contribution in [3.8, 4) is 0 Å². The molecule has 0 saturated carbocycles. The maximum absolute atomic E-state index is 14.4. The number of ether oxygens (including phenoxy) is 1. The van der Waals surface area contributed by atoms with Crippen LogP contribution in [0.3, 0.4) is 0 Å². The van der Waals surface area contributed by atoms with Gasteiger partial charge in [0.15, 0.2) is 0 Å². The Hall–Kier alpha value is -1.82. The summed E-state index contributed by atoms with van der Waals surface area (Å²) in [5.74, 6) is -1.65. The Balaban J connectivity index is 1.84. The third-order valence-electron chi connectivity index (χ3n) is 5.03. The number of hydrogen-bond acceptors (Lipinski definition) is 4. The molecule has 0 amide bonds. The van der Waals surface area contributed by atoms with Crippen LogP contribution in [0.4, 0.5) is 8.78 Å². The first-order valence-corrected chi connectivity index (χ1v) is 8.94. The Morgan fingerprint density at radius 3 is 2.72 bits per heavy atom. The first kappa shape index (κ1) is 18.0. The summed E-state index contributed by atoms with van der Waals surface area (Å²) in [6.45, 7) is 3.85. The van der Waals surface area contributed by atoms with E-state index in [0.717, 1.165) is 31.7 Å². The van der Waals surface area contributed by atoms with E-state index in [0.29, 0.717) is 19.6 Å². The molecule has 25 heavy (non-hydrogen) atoms. The molecule has 3 rings (SSSR count). The minimum atomic E-state index is -0.834. The fourth-order valence-corrected chi connectivity index (χ4v) is 3.49. The summed E-state index contributed by atoms with van der Waals surface area (Å²) in [4.78, 5) is 19.1. The number of piperidine rings is 1. The Labute approximate surface area is 146 Å². The van der Waals surface area contributed by atoms with E-state index in [1.165, 1.54) is 12.1 Å². The van der Waals surface area contributed by atoms with Crippen LogP contribution in [0, 0.1) is 17.6 Å². The van der Waals surface area contributed by atoms with Gasteiger partial charge in [-0.25, -0.2) is 13.6 Å². The zero-order chi connectivity index (χ0) is 17.8. The molecule has 136 valence electrons. The lowest BCUT2D eigenvalue weighted by Gasteiger charge is -2.35. The molecule has 1 fully saturated rings. The van der Waals surface area contributed by atoms with Crippen LogP contribution in [0.15, 0.2) is 23.2 Å². The van der Waals surface area contributed by atoms with Gasteiger partial charge in [-0.05, 0) is 50.6 Å². The quantitative estimate of drug-likeness (QED) is 0.781. The van der Waals surface area contributed by atoms with Crippen molar-refractivity contribution >= 4 is 12.2 Å². The minimum Gasteiger partial charge on any atom is -0.459 e. The van der Waals surface area contributed by atoms with Crippen molar-refractivity contribution in [2.75, 3.05) is 19.6 Å². The van der Waals surface area contributed by atoms with Crippen LogP contribution in [0.2, 0.25) is 0 Å². The molecule has 2 aliphatic heterocycles. The van der Waals surface area contributed by atoms with Gasteiger partial charge >= 0.3 is 5.97 Å². The van der Waals surface area contributed by atoms with Crippen molar-refractivity contribution in [2.45, 2.75) is 44.8 Å². The van der Waals surface area contributed by atoms with Gasteiger partial charge in [0, 0.05) is 11.6 Å². The lowest BCUT2D eigenvalue weighted by Crippen LogP contribution is -2.42. The third-order valence-corrected chi connectivity index (χ3v) is 5.03. The van der Waals surface area contributed by atoms with E-state index in [-0.39, 0.29) is 17.6 Å². The highest BCUT2D eigenvalue weighted by Crippen LogP contribution is 2.30. The second-order valence-electron chi connectivity index (χ2n) is 6.90. The molecule has 0 N–H and O–H groups in total. The van der Waals surface area contributed by atoms with Gasteiger partial charge < -0.3 is 4.74 Å². The lowest BCUT2D eigenvalue weighted by molar-refractivity contribution is -0.158. The number of carbonyl (C=O) groups excluding carboxylic acids is 1. The predicted molar refractivity (Wildman–Crippen MR) is 91.5 cm³/mol. The Bertz CT molecular complexity index is 644. The van der Waals surface area contributed by atoms with E-state index >= 15 is 0 Å². The predicted octanol–water partition coefficient (Wildman–Crippen LogP) is 3.51. The van der Waals surface area contributed by atoms with Crippen molar-refractivity contribution < 1.29 is 18.3 Å². The zero-order valence-electron chi connectivity index (χ0n) is 14.5. The van der Waals surface area contributed by atoms with Crippen LogP contribution >= 0.6 is 0 Å². The van der Waals surface area contributed by atoms with Gasteiger partial charge in [0.2, 0.25) is 0 Å². The van der Waals surface area contributed by atoms with E-state index in [2.05, 4.69) is 4.99 Å². The van der Waals surface area contributed by atoms with Gasteiger partial charge in [0.05, 0.1) is 6.54 Å². The van der Waals surface area contributed by atoms with Crippen LogP contribution in [0.1, 0.15) is 44.2 Å². The van der Waals surface area contributed by atoms with Gasteiger partial charge in [0.1, 0.15) is 23.8 Å². The van der Waals surface area contributed by atoms with E-state index in [1.54, 1.807) is 0 Å². The average molecular weight is 350 g/mol. The SMILES string of the molecule is CC1CC=NC[C@@H]1OC(=O)C(c1ccc(F)cc1F)N1CCCCC1. The molecule has 1 saturated heterocycles. The number of nitrogens with zero attached hydrogens (tertiary/aromatic N) is 2. The molecule has 0 bridgehead atoms. The first-order valence-electron chi connectivity index (χ1n) is 8.94. The molecule has 2 heterocycles. The third kappa shape index (κ3) is 4.24. The molecule has 0 spiro atoms. The molecule has 2 aliphatic rings. The van der Waals surface area contributed by atoms with Crippen LogP contribution in [0.5, 0.6) is 0 Å². The molecule has 3 atom stereocenters. The van der Waals surface area contributed by atoms with E-state index in [4.69, 9.17) is 4.74 Å². The number of rotatable bonds is 4. The van der Waals surface area contributed by atoms with Crippen molar-refractivity contribution in [3.05, 3.63) is 35.4 Å². The van der Waals surface area contributed by atoms with E-state index < -0.39 is 23.6 Å². The highest BCUT2D eigenvalue weighted by Gasteiger charge is 2.35. The van der Waals surface area contributed by atoms with Gasteiger partial charge in [0.25, 0.3) is 0 Å². The fraction of sp³-hybridized carbons (Fsp3) is 0.579. The summed E-state index contributed by atoms with van der Waals surface area (Å²) >= 11 is 0. The number of esters is 1. The summed E-state index contributed by atoms with van der Waals surface area (Å²) in [5.41, 5.74) is 0.181. The summed E-state index contributed by atoms with van der Waals surface area (Å²) in [6, 6.07) is 2.54. The molecule has 0 aliphatic carbocycles. The second kappa shape index (κ2) is 8.04. The monoisotopic (exact) mass is 350 g/mol. The average Bonchev–Trinajstić information content (AvgIpc) is 2.60. The zero-order valence-corrected chi connectivity index (χ0v) is 14.5. The van der Waals surface area contributed by atoms with Gasteiger partial charge in [-0.2, -0.15) is 0 Å². The molecule has 6 heteroatoms. The van der Waals surface area contributed by atoms with Crippen LogP contribution < -0.4 is 0 Å². The van der Waals surface area contributed by atoms with Crippen molar-refractivity contribution in [1.29, 1.82) is 0 Å². The number of carbonyl (C=O) groups is 1. The molecular weight excluding hydrogens is 326 g/mol. The number of hydrogen-bond donors (Lipinski definition) is 0. The number of benzene rings is 1. The fourth-order valence-electron chi connectivity index (χ4n) is 3.49. The molecule has 1 aromatic carbocycles. The highest BCUT2D eigenvalue weighted by molar-refractivity contribution is 5.78. The van der Waals surface area contributed by atoms with Crippen molar-refractivity contribution in [3.63, 3.8) is 0 Å². The molecule has 2 unspecified atom stereocenters. The van der Waals surface area contributed by atoms with Crippen LogP contribution in [0.25, 0.3) is 0 Å². The number of likely N-dealkylation sites (tertiary alicyclic amines) is 1. The number of aliphatic imine (C=N–C) groups is 1. The molecule has 0 radical (unpaired) electrons. The van der Waals surface area contributed by atoms with Crippen molar-refractivity contribution in [2.24, 2.45) is 10.9 Å². The van der Waals surface area contributed by atoms with Gasteiger partial charge in [-0.1, -0.05) is 19.4 Å². The van der Waals surface area contributed by atoms with Crippen LogP contribution in [-0.4, -0.2) is 42.8 Å². The summed E-state index contributed by atoms with van der Waals surface area (Å²) in [6.07, 6.45) is 5.31. The minimum absolute atomic E-state index is 0.181. The molecular formula is C19H24F2N2O2. The van der Waals surface area contributed by atoms with Crippen molar-refractivity contribution in [1.82, 2.24) is 4.90 Å². The van der Waals surface area contributed by atoms with Gasteiger partial charge in [-0.3, -0.25) is 9.89 Å². The maximum Gasteiger partial charge on any atom is 0.328 e. The molecule has 0 aromatic heterocycles. The first-order chi connectivity index (χ1) is 12.1. The lowest BCUT2D eigenvalue weighted by atomic mass is 9.98. The molecule has 4 nitrogen and oxygen atoms in total. The maximum atomic E-state index is 14.4. The Morgan fingerprint density at radius 1 is 1.28 bits per heavy atom. The smallest absolute Gasteiger partial charge is 0.328 e. The molecule has 1 aromatic rings. The van der Waals surface area contributed by atoms with Gasteiger partial charge in [-0.15, -0.1) is 0 Å². The summed E-state index contributed by atoms with van der Waals surface area (Å²) < 4.78 is 33.4. The highest BCUT2D eigenvalue weighted by atomic mass is 19.1. The van der Waals surface area contributed by atoms with Crippen LogP contribution in [-0.2, 0) is 9.53 Å². The summed E-state index contributed by atoms with van der Waals surface area (Å²) in [5, 5.41) is 0. The van der Waals surface area contributed by atoms with E-state index in [9.17, 15) is 13.6 Å². The summed E-state index contributed by atoms with van der Waals surface area (Å²) in [7, 11) is 0. The second-order valence-corrected chi connectivity index (χ2v) is 6.90. The number of halogens is 2. The Kier molecular flexibility index (Phi) is 5.78. The largest absolute Gasteiger partial charge is 0.459 e. The Morgan fingerprint density at radius 2 is 2.04 bits per heavy atom.